The Hall–Kier alpha value is -1.43. The fourth-order valence-electron chi connectivity index (χ4n) is 5.31. The highest BCUT2D eigenvalue weighted by Crippen LogP contribution is 2.20. The van der Waals surface area contributed by atoms with Gasteiger partial charge in [0.1, 0.15) is 12.3 Å². The third-order valence-corrected chi connectivity index (χ3v) is 9.32. The van der Waals surface area contributed by atoms with Gasteiger partial charge in [-0.2, -0.15) is 0 Å². The standard InChI is InChI=1S/C25H36N2O2S/c1-20-9-13-26(14-10-20)18-24(27-15-11-21(2)12-16-27)19-30(28,29)25-8-7-22-5-3-4-6-23(22)17-25/h3-8,17,20-21,24H,9-16,18-19H2,1-2H3/p+2/t24-/m0/s1. The summed E-state index contributed by atoms with van der Waals surface area (Å²) in [6.07, 6.45) is 4.97. The number of benzene rings is 2. The number of nitrogens with one attached hydrogen (secondary N) is 2. The number of sulfone groups is 1. The van der Waals surface area contributed by atoms with Crippen molar-refractivity contribution in [2.24, 2.45) is 11.8 Å². The lowest BCUT2D eigenvalue weighted by Crippen LogP contribution is -3.24. The first-order valence-electron chi connectivity index (χ1n) is 11.8. The minimum Gasteiger partial charge on any atom is -0.330 e. The van der Waals surface area contributed by atoms with E-state index >= 15 is 0 Å². The van der Waals surface area contributed by atoms with Crippen molar-refractivity contribution in [2.75, 3.05) is 38.5 Å². The van der Waals surface area contributed by atoms with Crippen LogP contribution < -0.4 is 9.80 Å². The van der Waals surface area contributed by atoms with Crippen LogP contribution in [0.1, 0.15) is 39.5 Å². The van der Waals surface area contributed by atoms with Crippen molar-refractivity contribution in [3.63, 3.8) is 0 Å². The van der Waals surface area contributed by atoms with Gasteiger partial charge in [-0.1, -0.05) is 44.2 Å². The summed E-state index contributed by atoms with van der Waals surface area (Å²) in [6.45, 7) is 10.3. The van der Waals surface area contributed by atoms with Gasteiger partial charge >= 0.3 is 0 Å². The second-order valence-electron chi connectivity index (χ2n) is 9.96. The first-order valence-corrected chi connectivity index (χ1v) is 13.5. The van der Waals surface area contributed by atoms with Crippen molar-refractivity contribution >= 4 is 20.6 Å². The zero-order chi connectivity index (χ0) is 21.1. The zero-order valence-electron chi connectivity index (χ0n) is 18.6. The summed E-state index contributed by atoms with van der Waals surface area (Å²) in [5, 5.41) is 2.10. The Morgan fingerprint density at radius 2 is 1.47 bits per heavy atom. The maximum absolute atomic E-state index is 13.5. The van der Waals surface area contributed by atoms with E-state index in [1.165, 1.54) is 43.7 Å². The topological polar surface area (TPSA) is 43.0 Å². The van der Waals surface area contributed by atoms with Gasteiger partial charge in [0.15, 0.2) is 15.9 Å². The molecule has 2 aromatic rings. The van der Waals surface area contributed by atoms with Gasteiger partial charge in [-0.3, -0.25) is 0 Å². The molecule has 4 nitrogen and oxygen atoms in total. The molecule has 2 aromatic carbocycles. The smallest absolute Gasteiger partial charge is 0.184 e. The predicted molar refractivity (Wildman–Crippen MR) is 123 cm³/mol. The molecule has 30 heavy (non-hydrogen) atoms. The van der Waals surface area contributed by atoms with E-state index in [0.29, 0.717) is 4.90 Å². The minimum absolute atomic E-state index is 0.192. The van der Waals surface area contributed by atoms with Crippen LogP contribution in [0.4, 0.5) is 0 Å². The maximum Gasteiger partial charge on any atom is 0.184 e. The zero-order valence-corrected chi connectivity index (χ0v) is 19.4. The number of piperidine rings is 2. The highest BCUT2D eigenvalue weighted by atomic mass is 32.2. The molecule has 2 N–H and O–H groups in total. The number of rotatable bonds is 6. The van der Waals surface area contributed by atoms with E-state index in [1.54, 1.807) is 11.0 Å². The fraction of sp³-hybridized carbons (Fsp3) is 0.600. The number of quaternary nitrogens is 2. The Kier molecular flexibility index (Phi) is 6.81. The van der Waals surface area contributed by atoms with Gasteiger partial charge in [-0.05, 0) is 60.4 Å². The molecule has 2 fully saturated rings. The van der Waals surface area contributed by atoms with E-state index in [0.717, 1.165) is 42.2 Å². The van der Waals surface area contributed by atoms with E-state index in [9.17, 15) is 8.42 Å². The number of hydrogen-bond donors (Lipinski definition) is 2. The summed E-state index contributed by atoms with van der Waals surface area (Å²) in [6, 6.07) is 13.8. The molecule has 4 rings (SSSR count). The van der Waals surface area contributed by atoms with Gasteiger partial charge in [-0.25, -0.2) is 8.42 Å². The van der Waals surface area contributed by atoms with E-state index in [4.69, 9.17) is 0 Å². The van der Waals surface area contributed by atoms with Crippen LogP contribution in [0, 0.1) is 11.8 Å². The monoisotopic (exact) mass is 430 g/mol. The highest BCUT2D eigenvalue weighted by molar-refractivity contribution is 7.91. The average molecular weight is 431 g/mol. The van der Waals surface area contributed by atoms with Crippen molar-refractivity contribution in [2.45, 2.75) is 50.5 Å². The molecule has 2 aliphatic rings. The molecule has 0 saturated carbocycles. The van der Waals surface area contributed by atoms with Crippen LogP contribution in [0.3, 0.4) is 0 Å². The van der Waals surface area contributed by atoms with Crippen molar-refractivity contribution in [1.29, 1.82) is 0 Å². The largest absolute Gasteiger partial charge is 0.330 e. The third kappa shape index (κ3) is 5.24. The molecule has 0 radical (unpaired) electrons. The Morgan fingerprint density at radius 1 is 0.867 bits per heavy atom. The van der Waals surface area contributed by atoms with E-state index in [2.05, 4.69) is 13.8 Å². The van der Waals surface area contributed by atoms with Crippen LogP contribution in [0.15, 0.2) is 47.4 Å². The normalized spacial score (nSPS) is 29.0. The second kappa shape index (κ2) is 9.37. The molecule has 2 saturated heterocycles. The Morgan fingerprint density at radius 3 is 2.13 bits per heavy atom. The van der Waals surface area contributed by atoms with Crippen LogP contribution in [0.25, 0.3) is 10.8 Å². The molecule has 0 spiro atoms. The molecule has 0 unspecified atom stereocenters. The average Bonchev–Trinajstić information content (AvgIpc) is 2.75. The van der Waals surface area contributed by atoms with Gasteiger partial charge in [0, 0.05) is 0 Å². The number of hydrogen-bond acceptors (Lipinski definition) is 2. The first-order chi connectivity index (χ1) is 14.4. The van der Waals surface area contributed by atoms with Gasteiger partial charge in [0.25, 0.3) is 0 Å². The Labute approximate surface area is 182 Å². The lowest BCUT2D eigenvalue weighted by atomic mass is 9.97. The lowest BCUT2D eigenvalue weighted by molar-refractivity contribution is -0.980. The van der Waals surface area contributed by atoms with Gasteiger partial charge in [0.2, 0.25) is 0 Å². The summed E-state index contributed by atoms with van der Waals surface area (Å²) in [5.74, 6) is 1.86. The molecule has 0 bridgehead atoms. The molecule has 0 aromatic heterocycles. The second-order valence-corrected chi connectivity index (χ2v) is 12.0. The number of fused-ring (bicyclic) bond motifs is 1. The molecule has 5 heteroatoms. The Balaban J connectivity index is 1.54. The van der Waals surface area contributed by atoms with Crippen molar-refractivity contribution in [1.82, 2.24) is 0 Å². The summed E-state index contributed by atoms with van der Waals surface area (Å²) < 4.78 is 26.9. The molecule has 1 atom stereocenters. The van der Waals surface area contributed by atoms with Crippen molar-refractivity contribution in [3.05, 3.63) is 42.5 Å². The van der Waals surface area contributed by atoms with Crippen molar-refractivity contribution < 1.29 is 18.2 Å². The molecule has 164 valence electrons. The SMILES string of the molecule is CC1CC[NH+](C[C@@H](CS(=O)(=O)c2ccc3ccccc3c2)[NH+]2CCC(C)CC2)CC1. The fourth-order valence-corrected chi connectivity index (χ4v) is 6.96. The van der Waals surface area contributed by atoms with Crippen LogP contribution in [-0.2, 0) is 9.84 Å². The van der Waals surface area contributed by atoms with Crippen LogP contribution in [0.5, 0.6) is 0 Å². The summed E-state index contributed by atoms with van der Waals surface area (Å²) in [5.41, 5.74) is 0. The third-order valence-electron chi connectivity index (χ3n) is 7.51. The molecular formula is C25H38N2O2S+2. The Bertz CT molecular complexity index is 943. The van der Waals surface area contributed by atoms with Crippen LogP contribution in [-0.4, -0.2) is 52.9 Å². The molecule has 0 aliphatic carbocycles. The molecule has 2 aliphatic heterocycles. The molecular weight excluding hydrogens is 392 g/mol. The quantitative estimate of drug-likeness (QED) is 0.731. The van der Waals surface area contributed by atoms with Gasteiger partial charge < -0.3 is 9.80 Å². The predicted octanol–water partition coefficient (Wildman–Crippen LogP) is 1.61. The van der Waals surface area contributed by atoms with Crippen molar-refractivity contribution in [3.8, 4) is 0 Å². The van der Waals surface area contributed by atoms with Gasteiger partial charge in [-0.15, -0.1) is 0 Å². The van der Waals surface area contributed by atoms with Gasteiger partial charge in [0.05, 0.1) is 31.1 Å². The van der Waals surface area contributed by atoms with E-state index in [-0.39, 0.29) is 11.8 Å². The highest BCUT2D eigenvalue weighted by Gasteiger charge is 2.35. The van der Waals surface area contributed by atoms with Crippen LogP contribution >= 0.6 is 0 Å². The lowest BCUT2D eigenvalue weighted by Gasteiger charge is -2.36. The summed E-state index contributed by atoms with van der Waals surface area (Å²) in [4.78, 5) is 3.61. The first kappa shape index (κ1) is 21.8. The van der Waals surface area contributed by atoms with Crippen LogP contribution in [0.2, 0.25) is 0 Å². The van der Waals surface area contributed by atoms with E-state index in [1.807, 2.05) is 36.4 Å². The maximum atomic E-state index is 13.5. The minimum atomic E-state index is -3.31. The molecule has 2 heterocycles. The number of likely N-dealkylation sites (tertiary alicyclic amines) is 2. The summed E-state index contributed by atoms with van der Waals surface area (Å²) >= 11 is 0. The molecule has 0 amide bonds. The summed E-state index contributed by atoms with van der Waals surface area (Å²) in [7, 11) is -3.31. The van der Waals surface area contributed by atoms with E-state index < -0.39 is 9.84 Å².